The summed E-state index contributed by atoms with van der Waals surface area (Å²) in [5.41, 5.74) is 0.785. The molecule has 0 saturated heterocycles. The molecular formula is C21H18F2N4O3. The first-order chi connectivity index (χ1) is 14.4. The number of halogens is 2. The van der Waals surface area contributed by atoms with Gasteiger partial charge in [-0.05, 0) is 30.7 Å². The fraction of sp³-hybridized carbons (Fsp3) is 0.143. The van der Waals surface area contributed by atoms with Crippen molar-refractivity contribution in [1.82, 2.24) is 15.3 Å². The lowest BCUT2D eigenvalue weighted by Crippen LogP contribution is -2.26. The number of hydrogen-bond donors (Lipinski definition) is 3. The second-order valence-corrected chi connectivity index (χ2v) is 6.38. The van der Waals surface area contributed by atoms with Crippen molar-refractivity contribution in [2.75, 3.05) is 11.9 Å². The van der Waals surface area contributed by atoms with Crippen LogP contribution in [0.4, 0.5) is 14.5 Å². The zero-order valence-electron chi connectivity index (χ0n) is 15.7. The second-order valence-electron chi connectivity index (χ2n) is 6.38. The summed E-state index contributed by atoms with van der Waals surface area (Å²) in [6.07, 6.45) is 3.33. The van der Waals surface area contributed by atoms with Crippen LogP contribution in [0.5, 0.6) is 5.75 Å². The Morgan fingerprint density at radius 1 is 1.03 bits per heavy atom. The second kappa shape index (κ2) is 9.55. The van der Waals surface area contributed by atoms with E-state index >= 15 is 0 Å². The average Bonchev–Trinajstić information content (AvgIpc) is 2.71. The number of hydrogen-bond acceptors (Lipinski definition) is 5. The molecule has 7 nitrogen and oxygen atoms in total. The van der Waals surface area contributed by atoms with Crippen LogP contribution in [0.2, 0.25) is 0 Å². The van der Waals surface area contributed by atoms with Gasteiger partial charge in [0.05, 0.1) is 23.6 Å². The standard InChI is InChI=1S/C21H18F2N4O3/c22-14-6-7-17(18(23)10-14)21(30)24-8-2-5-19(29)27-15-11-25-20(26-12-15)13-3-1-4-16(28)9-13/h1,3-4,6-7,9-12,28H,2,5,8H2,(H,24,30)(H,27,29). The normalized spacial score (nSPS) is 10.5. The zero-order chi connectivity index (χ0) is 21.5. The lowest BCUT2D eigenvalue weighted by Gasteiger charge is -2.07. The molecule has 1 aromatic heterocycles. The Hall–Kier alpha value is -3.88. The summed E-state index contributed by atoms with van der Waals surface area (Å²) in [7, 11) is 0. The van der Waals surface area contributed by atoms with E-state index in [9.17, 15) is 23.5 Å². The highest BCUT2D eigenvalue weighted by Crippen LogP contribution is 2.20. The van der Waals surface area contributed by atoms with Gasteiger partial charge < -0.3 is 15.7 Å². The van der Waals surface area contributed by atoms with E-state index in [1.54, 1.807) is 12.1 Å². The molecule has 2 aromatic carbocycles. The Labute approximate surface area is 170 Å². The van der Waals surface area contributed by atoms with Crippen LogP contribution < -0.4 is 10.6 Å². The third-order valence-electron chi connectivity index (χ3n) is 4.08. The van der Waals surface area contributed by atoms with Crippen molar-refractivity contribution in [2.24, 2.45) is 0 Å². The minimum absolute atomic E-state index is 0.0998. The first-order valence-electron chi connectivity index (χ1n) is 9.07. The van der Waals surface area contributed by atoms with E-state index in [0.29, 0.717) is 29.6 Å². The highest BCUT2D eigenvalue weighted by molar-refractivity contribution is 5.94. The predicted molar refractivity (Wildman–Crippen MR) is 106 cm³/mol. The van der Waals surface area contributed by atoms with Gasteiger partial charge >= 0.3 is 0 Å². The molecular weight excluding hydrogens is 394 g/mol. The summed E-state index contributed by atoms with van der Waals surface area (Å²) in [6.45, 7) is 0.149. The van der Waals surface area contributed by atoms with Crippen LogP contribution in [0.3, 0.4) is 0 Å². The van der Waals surface area contributed by atoms with Crippen LogP contribution in [0.25, 0.3) is 11.4 Å². The molecule has 0 unspecified atom stereocenters. The van der Waals surface area contributed by atoms with Gasteiger partial charge in [-0.25, -0.2) is 18.7 Å². The van der Waals surface area contributed by atoms with E-state index < -0.39 is 17.5 Å². The van der Waals surface area contributed by atoms with Crippen LogP contribution in [0.15, 0.2) is 54.9 Å². The topological polar surface area (TPSA) is 104 Å². The third-order valence-corrected chi connectivity index (χ3v) is 4.08. The summed E-state index contributed by atoms with van der Waals surface area (Å²) >= 11 is 0. The number of rotatable bonds is 7. The van der Waals surface area contributed by atoms with Gasteiger partial charge in [-0.1, -0.05) is 12.1 Å². The molecule has 0 saturated carbocycles. The number of amides is 2. The summed E-state index contributed by atoms with van der Waals surface area (Å²) in [5.74, 6) is -2.18. The number of nitrogens with zero attached hydrogens (tertiary/aromatic N) is 2. The predicted octanol–water partition coefficient (Wildman–Crippen LogP) is 3.28. The fourth-order valence-corrected chi connectivity index (χ4v) is 2.63. The van der Waals surface area contributed by atoms with Gasteiger partial charge in [0.1, 0.15) is 17.4 Å². The third kappa shape index (κ3) is 5.57. The van der Waals surface area contributed by atoms with Gasteiger partial charge in [0.25, 0.3) is 5.91 Å². The Bertz CT molecular complexity index is 1060. The van der Waals surface area contributed by atoms with Gasteiger partial charge in [0.15, 0.2) is 5.82 Å². The summed E-state index contributed by atoms with van der Waals surface area (Å²) in [4.78, 5) is 32.2. The van der Waals surface area contributed by atoms with Crippen molar-refractivity contribution in [3.8, 4) is 17.1 Å². The monoisotopic (exact) mass is 412 g/mol. The smallest absolute Gasteiger partial charge is 0.254 e. The van der Waals surface area contributed by atoms with Gasteiger partial charge in [-0.3, -0.25) is 9.59 Å². The van der Waals surface area contributed by atoms with Gasteiger partial charge in [0.2, 0.25) is 5.91 Å². The minimum atomic E-state index is -0.945. The van der Waals surface area contributed by atoms with Gasteiger partial charge in [-0.15, -0.1) is 0 Å². The molecule has 30 heavy (non-hydrogen) atoms. The fourth-order valence-electron chi connectivity index (χ4n) is 2.63. The Morgan fingerprint density at radius 3 is 2.50 bits per heavy atom. The number of nitrogens with one attached hydrogen (secondary N) is 2. The van der Waals surface area contributed by atoms with Crippen LogP contribution in [0.1, 0.15) is 23.2 Å². The van der Waals surface area contributed by atoms with Crippen LogP contribution in [-0.4, -0.2) is 33.4 Å². The minimum Gasteiger partial charge on any atom is -0.508 e. The largest absolute Gasteiger partial charge is 0.508 e. The summed E-state index contributed by atoms with van der Waals surface area (Å²) in [5, 5.41) is 14.6. The van der Waals surface area contributed by atoms with Crippen molar-refractivity contribution in [1.29, 1.82) is 0 Å². The molecule has 3 rings (SSSR count). The maximum Gasteiger partial charge on any atom is 0.254 e. The molecule has 0 bridgehead atoms. The maximum atomic E-state index is 13.5. The van der Waals surface area contributed by atoms with E-state index in [1.807, 2.05) is 0 Å². The number of benzene rings is 2. The number of phenolic OH excluding ortho intramolecular Hbond substituents is 1. The van der Waals surface area contributed by atoms with E-state index in [4.69, 9.17) is 0 Å². The molecule has 0 aliphatic rings. The summed E-state index contributed by atoms with van der Waals surface area (Å²) in [6, 6.07) is 9.19. The number of anilines is 1. The molecule has 0 radical (unpaired) electrons. The van der Waals surface area contributed by atoms with Crippen molar-refractivity contribution in [3.63, 3.8) is 0 Å². The van der Waals surface area contributed by atoms with E-state index in [-0.39, 0.29) is 30.2 Å². The van der Waals surface area contributed by atoms with Crippen molar-refractivity contribution in [2.45, 2.75) is 12.8 Å². The van der Waals surface area contributed by atoms with Crippen LogP contribution >= 0.6 is 0 Å². The number of aromatic hydroxyl groups is 1. The molecule has 9 heteroatoms. The Morgan fingerprint density at radius 2 is 1.80 bits per heavy atom. The highest BCUT2D eigenvalue weighted by Gasteiger charge is 2.12. The zero-order valence-corrected chi connectivity index (χ0v) is 15.7. The van der Waals surface area contributed by atoms with Crippen molar-refractivity contribution >= 4 is 17.5 Å². The SMILES string of the molecule is O=C(CCCNC(=O)c1ccc(F)cc1F)Nc1cnc(-c2cccc(O)c2)nc1. The lowest BCUT2D eigenvalue weighted by atomic mass is 10.2. The number of carbonyl (C=O) groups excluding carboxylic acids is 2. The van der Waals surface area contributed by atoms with Gasteiger partial charge in [-0.2, -0.15) is 0 Å². The molecule has 2 amide bonds. The van der Waals surface area contributed by atoms with Crippen LogP contribution in [0, 0.1) is 11.6 Å². The molecule has 3 N–H and O–H groups in total. The summed E-state index contributed by atoms with van der Waals surface area (Å²) < 4.78 is 26.4. The Kier molecular flexibility index (Phi) is 6.63. The first-order valence-corrected chi connectivity index (χ1v) is 9.07. The lowest BCUT2D eigenvalue weighted by molar-refractivity contribution is -0.116. The average molecular weight is 412 g/mol. The number of carbonyl (C=O) groups is 2. The molecule has 0 fully saturated rings. The molecule has 0 aliphatic carbocycles. The molecule has 0 spiro atoms. The van der Waals surface area contributed by atoms with E-state index in [0.717, 1.165) is 12.1 Å². The van der Waals surface area contributed by atoms with Crippen LogP contribution in [-0.2, 0) is 4.79 Å². The first kappa shape index (κ1) is 20.8. The quantitative estimate of drug-likeness (QED) is 0.517. The van der Waals surface area contributed by atoms with E-state index in [1.165, 1.54) is 24.5 Å². The van der Waals surface area contributed by atoms with E-state index in [2.05, 4.69) is 20.6 Å². The molecule has 0 atom stereocenters. The maximum absolute atomic E-state index is 13.5. The molecule has 154 valence electrons. The molecule has 0 aliphatic heterocycles. The number of phenols is 1. The van der Waals surface area contributed by atoms with Gasteiger partial charge in [0, 0.05) is 24.6 Å². The van der Waals surface area contributed by atoms with Crippen molar-refractivity contribution < 1.29 is 23.5 Å². The molecule has 1 heterocycles. The van der Waals surface area contributed by atoms with Crippen molar-refractivity contribution in [3.05, 3.63) is 72.1 Å². The number of aromatic nitrogens is 2. The Balaban J connectivity index is 1.44. The highest BCUT2D eigenvalue weighted by atomic mass is 19.1. The molecule has 3 aromatic rings.